The molecule has 70 valence electrons. The zero-order valence-electron chi connectivity index (χ0n) is 7.78. The molecule has 0 spiro atoms. The van der Waals surface area contributed by atoms with Crippen LogP contribution in [-0.4, -0.2) is 3.42 Å². The third kappa shape index (κ3) is 1.26. The molecular weight excluding hydrogens is 283 g/mol. The lowest BCUT2D eigenvalue weighted by molar-refractivity contribution is 0.901. The van der Waals surface area contributed by atoms with Gasteiger partial charge in [-0.1, -0.05) is 71.2 Å². The lowest BCUT2D eigenvalue weighted by atomic mass is 9.95. The second-order valence-electron chi connectivity index (χ2n) is 4.05. The first-order valence-corrected chi connectivity index (χ1v) is 6.00. The van der Waals surface area contributed by atoms with E-state index in [4.69, 9.17) is 0 Å². The average molecular weight is 294 g/mol. The third-order valence-electron chi connectivity index (χ3n) is 3.04. The number of allylic oxidation sites excluding steroid dienone is 4. The first kappa shape index (κ1) is 8.72. The van der Waals surface area contributed by atoms with Gasteiger partial charge in [0.25, 0.3) is 0 Å². The molecule has 0 N–H and O–H groups in total. The lowest BCUT2D eigenvalue weighted by Crippen LogP contribution is -2.17. The Balaban J connectivity index is 2.22. The smallest absolute Gasteiger partial charge is 0.0621 e. The number of hydrogen-bond donors (Lipinski definition) is 0. The zero-order valence-corrected chi connectivity index (χ0v) is 9.94. The third-order valence-corrected chi connectivity index (χ3v) is 4.14. The van der Waals surface area contributed by atoms with E-state index in [1.807, 2.05) is 0 Å². The van der Waals surface area contributed by atoms with Crippen LogP contribution < -0.4 is 0 Å². The van der Waals surface area contributed by atoms with Crippen molar-refractivity contribution in [3.8, 4) is 0 Å². The van der Waals surface area contributed by atoms with Crippen LogP contribution in [-0.2, 0) is 6.42 Å². The molecule has 0 aliphatic heterocycles. The van der Waals surface area contributed by atoms with Gasteiger partial charge in [0.1, 0.15) is 0 Å². The number of benzene rings is 1. The second-order valence-corrected chi connectivity index (χ2v) is 6.05. The van der Waals surface area contributed by atoms with Crippen LogP contribution in [0.25, 0.3) is 0 Å². The molecule has 0 nitrogen and oxygen atoms in total. The fourth-order valence-electron chi connectivity index (χ4n) is 2.28. The van der Waals surface area contributed by atoms with E-state index in [2.05, 4.69) is 71.2 Å². The topological polar surface area (TPSA) is 0 Å². The van der Waals surface area contributed by atoms with Crippen molar-refractivity contribution < 1.29 is 0 Å². The molecule has 0 saturated heterocycles. The van der Waals surface area contributed by atoms with Crippen molar-refractivity contribution in [2.75, 3.05) is 0 Å². The van der Waals surface area contributed by atoms with Crippen molar-refractivity contribution >= 4 is 22.6 Å². The summed E-state index contributed by atoms with van der Waals surface area (Å²) in [6, 6.07) is 8.79. The molecule has 0 saturated carbocycles. The van der Waals surface area contributed by atoms with Gasteiger partial charge in [0.15, 0.2) is 0 Å². The lowest BCUT2D eigenvalue weighted by Gasteiger charge is -2.19. The standard InChI is InChI=1S/C13H11I/c14-13-7-5-10(6-8-13)12-4-2-1-3-11(12)9-13/h1-8,10H,9H2. The summed E-state index contributed by atoms with van der Waals surface area (Å²) in [6.07, 6.45) is 10.5. The van der Waals surface area contributed by atoms with Crippen LogP contribution in [0.5, 0.6) is 0 Å². The molecular formula is C13H11I. The van der Waals surface area contributed by atoms with Gasteiger partial charge in [0, 0.05) is 5.92 Å². The van der Waals surface area contributed by atoms with Gasteiger partial charge in [0.05, 0.1) is 3.42 Å². The predicted octanol–water partition coefficient (Wildman–Crippen LogP) is 3.63. The van der Waals surface area contributed by atoms with Crippen LogP contribution in [0.1, 0.15) is 17.0 Å². The van der Waals surface area contributed by atoms with Crippen LogP contribution >= 0.6 is 22.6 Å². The van der Waals surface area contributed by atoms with Crippen molar-refractivity contribution in [2.45, 2.75) is 15.8 Å². The van der Waals surface area contributed by atoms with Crippen LogP contribution in [0.2, 0.25) is 0 Å². The number of alkyl halides is 1. The normalized spacial score (nSPS) is 32.8. The monoisotopic (exact) mass is 294 g/mol. The van der Waals surface area contributed by atoms with Crippen LogP contribution in [0.3, 0.4) is 0 Å². The maximum absolute atomic E-state index is 2.54. The maximum atomic E-state index is 2.54. The van der Waals surface area contributed by atoms with Crippen molar-refractivity contribution in [3.05, 3.63) is 59.7 Å². The summed E-state index contributed by atoms with van der Waals surface area (Å²) < 4.78 is 0.223. The summed E-state index contributed by atoms with van der Waals surface area (Å²) in [6.45, 7) is 0. The highest BCUT2D eigenvalue weighted by Crippen LogP contribution is 2.40. The Morgan fingerprint density at radius 2 is 1.86 bits per heavy atom. The van der Waals surface area contributed by atoms with E-state index in [0.29, 0.717) is 5.92 Å². The van der Waals surface area contributed by atoms with Crippen molar-refractivity contribution in [3.63, 3.8) is 0 Å². The second kappa shape index (κ2) is 2.96. The molecule has 1 heteroatoms. The van der Waals surface area contributed by atoms with Crippen molar-refractivity contribution in [1.29, 1.82) is 0 Å². The summed E-state index contributed by atoms with van der Waals surface area (Å²) in [4.78, 5) is 0. The number of hydrogen-bond acceptors (Lipinski definition) is 0. The van der Waals surface area contributed by atoms with E-state index in [1.54, 1.807) is 0 Å². The molecule has 1 aromatic rings. The van der Waals surface area contributed by atoms with Gasteiger partial charge in [-0.05, 0) is 17.5 Å². The Morgan fingerprint density at radius 1 is 1.14 bits per heavy atom. The van der Waals surface area contributed by atoms with E-state index >= 15 is 0 Å². The molecule has 4 rings (SSSR count). The molecule has 0 aromatic heterocycles. The van der Waals surface area contributed by atoms with Crippen LogP contribution in [0.15, 0.2) is 48.6 Å². The summed E-state index contributed by atoms with van der Waals surface area (Å²) in [5.74, 6) is 0.511. The van der Waals surface area contributed by atoms with Crippen molar-refractivity contribution in [1.82, 2.24) is 0 Å². The minimum atomic E-state index is 0.223. The van der Waals surface area contributed by atoms with Gasteiger partial charge >= 0.3 is 0 Å². The Labute approximate surface area is 97.9 Å². The number of halogens is 1. The first-order valence-electron chi connectivity index (χ1n) is 4.92. The Morgan fingerprint density at radius 3 is 2.64 bits per heavy atom. The van der Waals surface area contributed by atoms with Gasteiger partial charge in [-0.25, -0.2) is 0 Å². The molecule has 0 radical (unpaired) electrons. The molecule has 2 bridgehead atoms. The molecule has 0 heterocycles. The molecule has 0 atom stereocenters. The average Bonchev–Trinajstić information content (AvgIpc) is 2.42. The molecule has 0 amide bonds. The number of rotatable bonds is 0. The Kier molecular flexibility index (Phi) is 1.84. The Hall–Kier alpha value is -0.570. The van der Waals surface area contributed by atoms with Gasteiger partial charge in [0.2, 0.25) is 0 Å². The molecule has 1 aromatic carbocycles. The minimum absolute atomic E-state index is 0.223. The Bertz CT molecular complexity index is 415. The predicted molar refractivity (Wildman–Crippen MR) is 67.9 cm³/mol. The van der Waals surface area contributed by atoms with Gasteiger partial charge < -0.3 is 0 Å². The van der Waals surface area contributed by atoms with E-state index in [0.717, 1.165) is 6.42 Å². The molecule has 14 heavy (non-hydrogen) atoms. The van der Waals surface area contributed by atoms with E-state index in [1.165, 1.54) is 11.1 Å². The summed E-state index contributed by atoms with van der Waals surface area (Å²) >= 11 is 2.54. The van der Waals surface area contributed by atoms with Crippen molar-refractivity contribution in [2.24, 2.45) is 0 Å². The highest BCUT2D eigenvalue weighted by atomic mass is 127. The zero-order chi connectivity index (χ0) is 9.60. The van der Waals surface area contributed by atoms with Crippen LogP contribution in [0, 0.1) is 0 Å². The van der Waals surface area contributed by atoms with Crippen LogP contribution in [0.4, 0.5) is 0 Å². The summed E-state index contributed by atoms with van der Waals surface area (Å²) in [5.41, 5.74) is 2.98. The van der Waals surface area contributed by atoms with E-state index < -0.39 is 0 Å². The highest BCUT2D eigenvalue weighted by molar-refractivity contribution is 14.1. The first-order chi connectivity index (χ1) is 6.77. The van der Waals surface area contributed by atoms with Gasteiger partial charge in [-0.3, -0.25) is 0 Å². The largest absolute Gasteiger partial charge is 0.0756 e. The summed E-state index contributed by atoms with van der Waals surface area (Å²) in [7, 11) is 0. The molecule has 3 aliphatic rings. The molecule has 3 aliphatic carbocycles. The fraction of sp³-hybridized carbons (Fsp3) is 0.231. The summed E-state index contributed by atoms with van der Waals surface area (Å²) in [5, 5.41) is 0. The SMILES string of the molecule is IC12C=CC(C=C1)c1ccccc1C2. The quantitative estimate of drug-likeness (QED) is 0.389. The minimum Gasteiger partial charge on any atom is -0.0756 e. The highest BCUT2D eigenvalue weighted by Gasteiger charge is 2.29. The maximum Gasteiger partial charge on any atom is 0.0621 e. The van der Waals surface area contributed by atoms with Gasteiger partial charge in [-0.15, -0.1) is 0 Å². The molecule has 0 unspecified atom stereocenters. The van der Waals surface area contributed by atoms with Gasteiger partial charge in [-0.2, -0.15) is 0 Å². The fourth-order valence-corrected chi connectivity index (χ4v) is 3.11. The van der Waals surface area contributed by atoms with E-state index in [9.17, 15) is 0 Å². The molecule has 0 fully saturated rings. The van der Waals surface area contributed by atoms with E-state index in [-0.39, 0.29) is 3.42 Å².